The highest BCUT2D eigenvalue weighted by molar-refractivity contribution is 5.26. The van der Waals surface area contributed by atoms with Crippen molar-refractivity contribution >= 4 is 0 Å². The standard InChI is InChI=1S/C11H15N/c1-9-6-7-12-8-11(9)10-4-2-3-5-10/h6-8,10H,2-5H2,1H3. The van der Waals surface area contributed by atoms with E-state index in [9.17, 15) is 0 Å². The molecule has 0 unspecified atom stereocenters. The van der Waals surface area contributed by atoms with E-state index in [2.05, 4.69) is 18.0 Å². The molecule has 64 valence electrons. The molecule has 0 N–H and O–H groups in total. The van der Waals surface area contributed by atoms with Crippen LogP contribution in [-0.4, -0.2) is 4.98 Å². The molecule has 1 fully saturated rings. The van der Waals surface area contributed by atoms with Gasteiger partial charge >= 0.3 is 0 Å². The van der Waals surface area contributed by atoms with Crippen LogP contribution in [0, 0.1) is 6.92 Å². The van der Waals surface area contributed by atoms with Gasteiger partial charge in [0, 0.05) is 12.4 Å². The van der Waals surface area contributed by atoms with Crippen LogP contribution in [0.4, 0.5) is 0 Å². The molecule has 0 atom stereocenters. The third-order valence-corrected chi connectivity index (χ3v) is 2.87. The highest BCUT2D eigenvalue weighted by Gasteiger charge is 2.18. The lowest BCUT2D eigenvalue weighted by molar-refractivity contribution is 0.713. The minimum atomic E-state index is 0.804. The number of aryl methyl sites for hydroxylation is 1. The molecule has 1 aliphatic carbocycles. The van der Waals surface area contributed by atoms with Crippen LogP contribution in [0.2, 0.25) is 0 Å². The molecule has 0 amide bonds. The van der Waals surface area contributed by atoms with Gasteiger partial charge in [-0.05, 0) is 42.9 Å². The first-order valence-corrected chi connectivity index (χ1v) is 4.78. The van der Waals surface area contributed by atoms with E-state index < -0.39 is 0 Å². The Bertz CT molecular complexity index is 261. The summed E-state index contributed by atoms with van der Waals surface area (Å²) < 4.78 is 0. The van der Waals surface area contributed by atoms with Gasteiger partial charge in [-0.1, -0.05) is 12.8 Å². The minimum absolute atomic E-state index is 0.804. The number of hydrogen-bond acceptors (Lipinski definition) is 1. The van der Waals surface area contributed by atoms with Crippen molar-refractivity contribution in [3.63, 3.8) is 0 Å². The lowest BCUT2D eigenvalue weighted by Crippen LogP contribution is -1.95. The van der Waals surface area contributed by atoms with Gasteiger partial charge in [0.05, 0.1) is 0 Å². The van der Waals surface area contributed by atoms with Gasteiger partial charge in [-0.3, -0.25) is 4.98 Å². The van der Waals surface area contributed by atoms with Crippen molar-refractivity contribution in [3.8, 4) is 0 Å². The molecule has 2 rings (SSSR count). The SMILES string of the molecule is Cc1ccncc1C1CCCC1. The van der Waals surface area contributed by atoms with Crippen molar-refractivity contribution in [2.24, 2.45) is 0 Å². The first-order valence-electron chi connectivity index (χ1n) is 4.78. The van der Waals surface area contributed by atoms with E-state index in [1.165, 1.54) is 36.8 Å². The largest absolute Gasteiger partial charge is 0.264 e. The highest BCUT2D eigenvalue weighted by Crippen LogP contribution is 2.34. The van der Waals surface area contributed by atoms with Crippen LogP contribution in [0.25, 0.3) is 0 Å². The molecule has 0 aliphatic heterocycles. The third-order valence-electron chi connectivity index (χ3n) is 2.87. The van der Waals surface area contributed by atoms with Crippen molar-refractivity contribution in [2.45, 2.75) is 38.5 Å². The van der Waals surface area contributed by atoms with Gasteiger partial charge in [-0.25, -0.2) is 0 Å². The summed E-state index contributed by atoms with van der Waals surface area (Å²) >= 11 is 0. The van der Waals surface area contributed by atoms with Gasteiger partial charge in [0.25, 0.3) is 0 Å². The molecule has 0 bridgehead atoms. The fourth-order valence-electron chi connectivity index (χ4n) is 2.14. The second-order valence-corrected chi connectivity index (χ2v) is 3.71. The Labute approximate surface area is 73.8 Å². The lowest BCUT2D eigenvalue weighted by atomic mass is 9.96. The minimum Gasteiger partial charge on any atom is -0.264 e. The molecule has 1 saturated carbocycles. The monoisotopic (exact) mass is 161 g/mol. The molecule has 1 nitrogen and oxygen atoms in total. The van der Waals surface area contributed by atoms with E-state index in [1.54, 1.807) is 0 Å². The number of hydrogen-bond donors (Lipinski definition) is 0. The zero-order chi connectivity index (χ0) is 8.39. The van der Waals surface area contributed by atoms with Crippen molar-refractivity contribution in [2.75, 3.05) is 0 Å². The van der Waals surface area contributed by atoms with Crippen LogP contribution in [0.15, 0.2) is 18.5 Å². The number of nitrogens with zero attached hydrogens (tertiary/aromatic N) is 1. The molecule has 1 heterocycles. The number of aromatic nitrogens is 1. The van der Waals surface area contributed by atoms with E-state index in [1.807, 2.05) is 12.4 Å². The van der Waals surface area contributed by atoms with Crippen LogP contribution < -0.4 is 0 Å². The van der Waals surface area contributed by atoms with Crippen LogP contribution in [0.1, 0.15) is 42.7 Å². The van der Waals surface area contributed by atoms with Gasteiger partial charge < -0.3 is 0 Å². The predicted molar refractivity (Wildman–Crippen MR) is 50.2 cm³/mol. The number of pyridine rings is 1. The topological polar surface area (TPSA) is 12.9 Å². The molecule has 0 radical (unpaired) electrons. The maximum absolute atomic E-state index is 4.19. The summed E-state index contributed by atoms with van der Waals surface area (Å²) in [5.74, 6) is 0.804. The van der Waals surface area contributed by atoms with Crippen molar-refractivity contribution in [1.29, 1.82) is 0 Å². The van der Waals surface area contributed by atoms with Crippen LogP contribution in [-0.2, 0) is 0 Å². The van der Waals surface area contributed by atoms with Gasteiger partial charge in [0.1, 0.15) is 0 Å². The van der Waals surface area contributed by atoms with Gasteiger partial charge in [0.2, 0.25) is 0 Å². The quantitative estimate of drug-likeness (QED) is 0.617. The zero-order valence-electron chi connectivity index (χ0n) is 7.59. The third kappa shape index (κ3) is 1.36. The molecule has 0 spiro atoms. The Kier molecular flexibility index (Phi) is 2.11. The summed E-state index contributed by atoms with van der Waals surface area (Å²) in [5.41, 5.74) is 2.90. The summed E-state index contributed by atoms with van der Waals surface area (Å²) in [6.45, 7) is 2.19. The molecule has 1 heteroatoms. The molecule has 1 aromatic rings. The van der Waals surface area contributed by atoms with Crippen LogP contribution in [0.5, 0.6) is 0 Å². The maximum Gasteiger partial charge on any atom is 0.0305 e. The normalized spacial score (nSPS) is 18.4. The van der Waals surface area contributed by atoms with E-state index in [0.29, 0.717) is 0 Å². The Morgan fingerprint density at radius 2 is 2.08 bits per heavy atom. The Morgan fingerprint density at radius 1 is 1.33 bits per heavy atom. The average Bonchev–Trinajstić information content (AvgIpc) is 2.57. The van der Waals surface area contributed by atoms with E-state index in [-0.39, 0.29) is 0 Å². The molecule has 1 aliphatic rings. The lowest BCUT2D eigenvalue weighted by Gasteiger charge is -2.11. The smallest absolute Gasteiger partial charge is 0.0305 e. The Balaban J connectivity index is 2.26. The maximum atomic E-state index is 4.19. The summed E-state index contributed by atoms with van der Waals surface area (Å²) in [6.07, 6.45) is 9.47. The van der Waals surface area contributed by atoms with Crippen molar-refractivity contribution < 1.29 is 0 Å². The van der Waals surface area contributed by atoms with E-state index in [4.69, 9.17) is 0 Å². The fourth-order valence-corrected chi connectivity index (χ4v) is 2.14. The molecular weight excluding hydrogens is 146 g/mol. The van der Waals surface area contributed by atoms with Gasteiger partial charge in [-0.15, -0.1) is 0 Å². The summed E-state index contributed by atoms with van der Waals surface area (Å²) in [7, 11) is 0. The van der Waals surface area contributed by atoms with Crippen LogP contribution in [0.3, 0.4) is 0 Å². The Morgan fingerprint density at radius 3 is 2.75 bits per heavy atom. The van der Waals surface area contributed by atoms with E-state index >= 15 is 0 Å². The molecule has 12 heavy (non-hydrogen) atoms. The zero-order valence-corrected chi connectivity index (χ0v) is 7.59. The summed E-state index contributed by atoms with van der Waals surface area (Å²) in [6, 6.07) is 2.12. The van der Waals surface area contributed by atoms with Gasteiger partial charge in [-0.2, -0.15) is 0 Å². The van der Waals surface area contributed by atoms with Crippen LogP contribution >= 0.6 is 0 Å². The predicted octanol–water partition coefficient (Wildman–Crippen LogP) is 3.05. The molecule has 0 saturated heterocycles. The fraction of sp³-hybridized carbons (Fsp3) is 0.545. The first-order chi connectivity index (χ1) is 5.88. The number of rotatable bonds is 1. The molecule has 0 aromatic carbocycles. The van der Waals surface area contributed by atoms with Crippen molar-refractivity contribution in [1.82, 2.24) is 4.98 Å². The second-order valence-electron chi connectivity index (χ2n) is 3.71. The average molecular weight is 161 g/mol. The second kappa shape index (κ2) is 3.26. The molecule has 1 aromatic heterocycles. The molecular formula is C11H15N. The van der Waals surface area contributed by atoms with Gasteiger partial charge in [0.15, 0.2) is 0 Å². The van der Waals surface area contributed by atoms with E-state index in [0.717, 1.165) is 5.92 Å². The first kappa shape index (κ1) is 7.78. The summed E-state index contributed by atoms with van der Waals surface area (Å²) in [5, 5.41) is 0. The highest BCUT2D eigenvalue weighted by atomic mass is 14.6. The van der Waals surface area contributed by atoms with Crippen molar-refractivity contribution in [3.05, 3.63) is 29.6 Å². The Hall–Kier alpha value is -0.850. The summed E-state index contributed by atoms with van der Waals surface area (Å²) in [4.78, 5) is 4.19.